The molecule has 0 spiro atoms. The number of nitrogens with zero attached hydrogens (tertiary/aromatic N) is 1. The average molecular weight is 194 g/mol. The van der Waals surface area contributed by atoms with Gasteiger partial charge >= 0.3 is 0 Å². The molecular formula is C11H12ClN. The Hall–Kier alpha value is -1.00. The van der Waals surface area contributed by atoms with E-state index in [4.69, 9.17) is 18.0 Å². The maximum Gasteiger partial charge on any atom is 0.134 e. The maximum atomic E-state index is 5.99. The Morgan fingerprint density at radius 1 is 1.46 bits per heavy atom. The first-order valence-electron chi connectivity index (χ1n) is 4.09. The summed E-state index contributed by atoms with van der Waals surface area (Å²) >= 11 is 5.99. The zero-order valence-corrected chi connectivity index (χ0v) is 8.81. The molecule has 0 bridgehead atoms. The van der Waals surface area contributed by atoms with Gasteiger partial charge in [0.2, 0.25) is 0 Å². The van der Waals surface area contributed by atoms with Crippen LogP contribution in [0.1, 0.15) is 25.1 Å². The average Bonchev–Trinajstić information content (AvgIpc) is 2.03. The molecule has 0 saturated carbocycles. The van der Waals surface area contributed by atoms with Crippen LogP contribution in [0.4, 0.5) is 0 Å². The normalized spacial score (nSPS) is 11.0. The molecule has 0 aliphatic carbocycles. The molecule has 0 aliphatic rings. The van der Waals surface area contributed by atoms with Gasteiger partial charge in [0.05, 0.1) is 5.41 Å². The molecule has 0 aliphatic heterocycles. The van der Waals surface area contributed by atoms with E-state index in [1.807, 2.05) is 32.9 Å². The van der Waals surface area contributed by atoms with Gasteiger partial charge in [0, 0.05) is 11.3 Å². The first-order valence-corrected chi connectivity index (χ1v) is 4.46. The van der Waals surface area contributed by atoms with Crippen LogP contribution >= 0.6 is 11.6 Å². The van der Waals surface area contributed by atoms with Crippen LogP contribution in [0.5, 0.6) is 0 Å². The highest BCUT2D eigenvalue weighted by Gasteiger charge is 2.20. The molecule has 0 amide bonds. The number of hydrogen-bond acceptors (Lipinski definition) is 1. The maximum absolute atomic E-state index is 5.99. The van der Waals surface area contributed by atoms with Gasteiger partial charge in [-0.05, 0) is 26.8 Å². The molecule has 13 heavy (non-hydrogen) atoms. The van der Waals surface area contributed by atoms with E-state index in [9.17, 15) is 0 Å². The van der Waals surface area contributed by atoms with Crippen LogP contribution in [0.25, 0.3) is 0 Å². The highest BCUT2D eigenvalue weighted by molar-refractivity contribution is 6.30. The largest absolute Gasteiger partial charge is 0.241 e. The third kappa shape index (κ3) is 2.02. The minimum Gasteiger partial charge on any atom is -0.241 e. The van der Waals surface area contributed by atoms with Crippen molar-refractivity contribution in [2.45, 2.75) is 26.2 Å². The molecule has 1 nitrogen and oxygen atoms in total. The van der Waals surface area contributed by atoms with Crippen molar-refractivity contribution < 1.29 is 0 Å². The molecule has 1 heterocycles. The summed E-state index contributed by atoms with van der Waals surface area (Å²) in [6.45, 7) is 5.80. The van der Waals surface area contributed by atoms with Crippen molar-refractivity contribution in [1.29, 1.82) is 0 Å². The zero-order chi connectivity index (χ0) is 10.1. The van der Waals surface area contributed by atoms with Crippen molar-refractivity contribution in [2.75, 3.05) is 0 Å². The molecule has 0 fully saturated rings. The number of terminal acetylenes is 1. The van der Waals surface area contributed by atoms with Crippen LogP contribution in [0.2, 0.25) is 5.15 Å². The van der Waals surface area contributed by atoms with Crippen molar-refractivity contribution in [1.82, 2.24) is 4.98 Å². The van der Waals surface area contributed by atoms with Crippen molar-refractivity contribution in [3.63, 3.8) is 0 Å². The third-order valence-electron chi connectivity index (χ3n) is 2.02. The molecule has 68 valence electrons. The van der Waals surface area contributed by atoms with Gasteiger partial charge in [0.1, 0.15) is 5.15 Å². The zero-order valence-electron chi connectivity index (χ0n) is 8.06. The van der Waals surface area contributed by atoms with E-state index in [-0.39, 0.29) is 5.41 Å². The van der Waals surface area contributed by atoms with Gasteiger partial charge in [-0.1, -0.05) is 23.6 Å². The van der Waals surface area contributed by atoms with Crippen molar-refractivity contribution in [3.05, 3.63) is 28.5 Å². The number of aromatic nitrogens is 1. The molecule has 2 heteroatoms. The van der Waals surface area contributed by atoms with Gasteiger partial charge in [-0.25, -0.2) is 4.98 Å². The molecule has 1 aromatic heterocycles. The van der Waals surface area contributed by atoms with Crippen LogP contribution in [0.3, 0.4) is 0 Å². The third-order valence-corrected chi connectivity index (χ3v) is 2.31. The molecule has 0 saturated heterocycles. The highest BCUT2D eigenvalue weighted by Crippen LogP contribution is 2.27. The molecule has 0 atom stereocenters. The number of pyridine rings is 1. The van der Waals surface area contributed by atoms with Gasteiger partial charge < -0.3 is 0 Å². The number of aryl methyl sites for hydroxylation is 1. The first-order chi connectivity index (χ1) is 5.97. The van der Waals surface area contributed by atoms with Gasteiger partial charge in [-0.15, -0.1) is 6.42 Å². The lowest BCUT2D eigenvalue weighted by molar-refractivity contribution is 0.694. The molecule has 1 aromatic rings. The lowest BCUT2D eigenvalue weighted by Crippen LogP contribution is -2.15. The van der Waals surface area contributed by atoms with E-state index in [1.54, 1.807) is 0 Å². The van der Waals surface area contributed by atoms with Crippen molar-refractivity contribution in [3.8, 4) is 12.3 Å². The number of hydrogen-bond donors (Lipinski definition) is 0. The topological polar surface area (TPSA) is 12.9 Å². The standard InChI is InChI=1S/C11H12ClN/c1-5-11(3,4)9-7-6-8(2)13-10(9)12/h1,6-7H,2-4H3. The first kappa shape index (κ1) is 10.1. The molecule has 0 unspecified atom stereocenters. The summed E-state index contributed by atoms with van der Waals surface area (Å²) in [4.78, 5) is 4.16. The van der Waals surface area contributed by atoms with E-state index in [1.165, 1.54) is 0 Å². The van der Waals surface area contributed by atoms with Crippen LogP contribution in [0, 0.1) is 19.3 Å². The van der Waals surface area contributed by atoms with Crippen LogP contribution in [0.15, 0.2) is 12.1 Å². The second kappa shape index (κ2) is 3.40. The SMILES string of the molecule is C#CC(C)(C)c1ccc(C)nc1Cl. The second-order valence-electron chi connectivity index (χ2n) is 3.56. The second-order valence-corrected chi connectivity index (χ2v) is 3.92. The molecule has 0 radical (unpaired) electrons. The monoisotopic (exact) mass is 193 g/mol. The van der Waals surface area contributed by atoms with E-state index in [2.05, 4.69) is 10.9 Å². The predicted molar refractivity (Wildman–Crippen MR) is 55.8 cm³/mol. The highest BCUT2D eigenvalue weighted by atomic mass is 35.5. The van der Waals surface area contributed by atoms with E-state index in [0.717, 1.165) is 11.3 Å². The Morgan fingerprint density at radius 3 is 2.54 bits per heavy atom. The fourth-order valence-electron chi connectivity index (χ4n) is 1.07. The summed E-state index contributed by atoms with van der Waals surface area (Å²) in [6.07, 6.45) is 5.41. The lowest BCUT2D eigenvalue weighted by Gasteiger charge is -2.18. The molecule has 0 N–H and O–H groups in total. The van der Waals surface area contributed by atoms with Crippen LogP contribution in [-0.2, 0) is 5.41 Å². The summed E-state index contributed by atoms with van der Waals surface area (Å²) in [5.74, 6) is 2.69. The van der Waals surface area contributed by atoms with E-state index in [0.29, 0.717) is 5.15 Å². The van der Waals surface area contributed by atoms with E-state index < -0.39 is 0 Å². The minimum atomic E-state index is -0.349. The fourth-order valence-corrected chi connectivity index (χ4v) is 1.50. The Bertz CT molecular complexity index is 361. The van der Waals surface area contributed by atoms with Crippen LogP contribution in [-0.4, -0.2) is 4.98 Å². The summed E-state index contributed by atoms with van der Waals surface area (Å²) in [5.41, 5.74) is 1.46. The Kier molecular flexibility index (Phi) is 2.63. The van der Waals surface area contributed by atoms with Gasteiger partial charge in [0.15, 0.2) is 0 Å². The molecule has 1 rings (SSSR count). The Balaban J connectivity index is 3.26. The summed E-state index contributed by atoms with van der Waals surface area (Å²) < 4.78 is 0. The minimum absolute atomic E-state index is 0.349. The lowest BCUT2D eigenvalue weighted by atomic mass is 9.87. The summed E-state index contributed by atoms with van der Waals surface area (Å²) in [6, 6.07) is 3.85. The molecular weight excluding hydrogens is 182 g/mol. The smallest absolute Gasteiger partial charge is 0.134 e. The van der Waals surface area contributed by atoms with Gasteiger partial charge in [-0.2, -0.15) is 0 Å². The quantitative estimate of drug-likeness (QED) is 0.494. The van der Waals surface area contributed by atoms with Gasteiger partial charge in [0.25, 0.3) is 0 Å². The summed E-state index contributed by atoms with van der Waals surface area (Å²) in [5, 5.41) is 0.503. The number of halogens is 1. The van der Waals surface area contributed by atoms with Crippen molar-refractivity contribution >= 4 is 11.6 Å². The Morgan fingerprint density at radius 2 is 2.08 bits per heavy atom. The van der Waals surface area contributed by atoms with Crippen molar-refractivity contribution in [2.24, 2.45) is 0 Å². The number of rotatable bonds is 1. The summed E-state index contributed by atoms with van der Waals surface area (Å²) in [7, 11) is 0. The van der Waals surface area contributed by atoms with Crippen LogP contribution < -0.4 is 0 Å². The predicted octanol–water partition coefficient (Wildman–Crippen LogP) is 2.95. The van der Waals surface area contributed by atoms with Gasteiger partial charge in [-0.3, -0.25) is 0 Å². The molecule has 0 aromatic carbocycles. The van der Waals surface area contributed by atoms with E-state index >= 15 is 0 Å². The fraction of sp³-hybridized carbons (Fsp3) is 0.364. The Labute approximate surface area is 84.1 Å².